The highest BCUT2D eigenvalue weighted by Crippen LogP contribution is 2.24. The molecule has 1 fully saturated rings. The average Bonchev–Trinajstić information content (AvgIpc) is 2.42. The van der Waals surface area contributed by atoms with E-state index in [1.807, 2.05) is 6.07 Å². The van der Waals surface area contributed by atoms with Gasteiger partial charge in [-0.2, -0.15) is 0 Å². The van der Waals surface area contributed by atoms with Crippen LogP contribution in [-0.4, -0.2) is 18.6 Å². The zero-order chi connectivity index (χ0) is 13.7. The number of hydrogen-bond donors (Lipinski definition) is 2. The molecule has 0 bridgehead atoms. The predicted molar refractivity (Wildman–Crippen MR) is 77.3 cm³/mol. The van der Waals surface area contributed by atoms with Gasteiger partial charge in [-0.25, -0.2) is 4.79 Å². The molecule has 0 saturated heterocycles. The van der Waals surface area contributed by atoms with Gasteiger partial charge < -0.3 is 15.8 Å². The second-order valence-electron chi connectivity index (χ2n) is 5.00. The van der Waals surface area contributed by atoms with Crippen LogP contribution in [0.5, 0.6) is 0 Å². The number of esters is 1. The van der Waals surface area contributed by atoms with Crippen LogP contribution in [0.3, 0.4) is 0 Å². The minimum atomic E-state index is -0.354. The summed E-state index contributed by atoms with van der Waals surface area (Å²) in [7, 11) is 0. The summed E-state index contributed by atoms with van der Waals surface area (Å²) in [5.74, 6) is -0.354. The number of nitrogens with one attached hydrogen (secondary N) is 1. The number of nitrogen functional groups attached to an aromatic ring is 1. The zero-order valence-electron chi connectivity index (χ0n) is 11.4. The molecular formula is C15H22N2O2. The molecule has 0 spiro atoms. The molecule has 0 aliphatic heterocycles. The maximum absolute atomic E-state index is 11.8. The first-order chi connectivity index (χ1) is 9.20. The molecule has 19 heavy (non-hydrogen) atoms. The third-order valence-electron chi connectivity index (χ3n) is 3.52. The second kappa shape index (κ2) is 6.45. The lowest BCUT2D eigenvalue weighted by molar-refractivity contribution is 0.0527. The number of hydrogen-bond acceptors (Lipinski definition) is 4. The molecule has 1 aliphatic carbocycles. The molecule has 0 atom stereocenters. The number of carbonyl (C=O) groups excluding carboxylic acids is 1. The third kappa shape index (κ3) is 3.63. The summed E-state index contributed by atoms with van der Waals surface area (Å²) >= 11 is 0. The van der Waals surface area contributed by atoms with Crippen molar-refractivity contribution in [2.24, 2.45) is 0 Å². The molecule has 1 aromatic rings. The molecule has 2 rings (SSSR count). The van der Waals surface area contributed by atoms with Gasteiger partial charge in [-0.1, -0.05) is 19.3 Å². The Hall–Kier alpha value is -1.71. The van der Waals surface area contributed by atoms with Crippen LogP contribution in [0.25, 0.3) is 0 Å². The van der Waals surface area contributed by atoms with Crippen LogP contribution < -0.4 is 11.1 Å². The van der Waals surface area contributed by atoms with E-state index in [0.717, 1.165) is 5.69 Å². The van der Waals surface area contributed by atoms with Crippen LogP contribution in [0.1, 0.15) is 49.4 Å². The van der Waals surface area contributed by atoms with Crippen molar-refractivity contribution in [2.45, 2.75) is 45.1 Å². The second-order valence-corrected chi connectivity index (χ2v) is 5.00. The summed E-state index contributed by atoms with van der Waals surface area (Å²) in [6.45, 7) is 2.15. The van der Waals surface area contributed by atoms with Crippen molar-refractivity contribution >= 4 is 17.3 Å². The Bertz CT molecular complexity index is 440. The molecular weight excluding hydrogens is 240 g/mol. The zero-order valence-corrected chi connectivity index (χ0v) is 11.4. The van der Waals surface area contributed by atoms with Crippen LogP contribution in [-0.2, 0) is 4.74 Å². The normalized spacial score (nSPS) is 16.1. The molecule has 1 saturated carbocycles. The first kappa shape index (κ1) is 13.7. The van der Waals surface area contributed by atoms with Crippen LogP contribution >= 0.6 is 0 Å². The SMILES string of the molecule is CCOC(=O)c1cc(NC2CCCCC2)ccc1N. The van der Waals surface area contributed by atoms with Gasteiger partial charge in [0, 0.05) is 17.4 Å². The van der Waals surface area contributed by atoms with Gasteiger partial charge in [0.05, 0.1) is 12.2 Å². The lowest BCUT2D eigenvalue weighted by Crippen LogP contribution is -2.22. The number of benzene rings is 1. The summed E-state index contributed by atoms with van der Waals surface area (Å²) in [5, 5.41) is 3.48. The van der Waals surface area contributed by atoms with Crippen LogP contribution in [0.2, 0.25) is 0 Å². The van der Waals surface area contributed by atoms with Crippen molar-refractivity contribution in [1.29, 1.82) is 0 Å². The van der Waals surface area contributed by atoms with Crippen molar-refractivity contribution in [3.05, 3.63) is 23.8 Å². The number of carbonyl (C=O) groups is 1. The fourth-order valence-corrected chi connectivity index (χ4v) is 2.51. The van der Waals surface area contributed by atoms with E-state index in [2.05, 4.69) is 5.32 Å². The number of anilines is 2. The first-order valence-corrected chi connectivity index (χ1v) is 7.04. The van der Waals surface area contributed by atoms with E-state index in [-0.39, 0.29) is 5.97 Å². The maximum Gasteiger partial charge on any atom is 0.340 e. The maximum atomic E-state index is 11.8. The van der Waals surface area contributed by atoms with E-state index < -0.39 is 0 Å². The summed E-state index contributed by atoms with van der Waals surface area (Å²) in [6.07, 6.45) is 6.26. The van der Waals surface area contributed by atoms with E-state index in [1.54, 1.807) is 19.1 Å². The fraction of sp³-hybridized carbons (Fsp3) is 0.533. The monoisotopic (exact) mass is 262 g/mol. The molecule has 0 amide bonds. The highest BCUT2D eigenvalue weighted by molar-refractivity contribution is 5.96. The summed E-state index contributed by atoms with van der Waals surface area (Å²) < 4.78 is 5.01. The molecule has 104 valence electrons. The molecule has 1 aliphatic rings. The summed E-state index contributed by atoms with van der Waals surface area (Å²) in [4.78, 5) is 11.8. The van der Waals surface area contributed by atoms with Crippen molar-refractivity contribution in [3.8, 4) is 0 Å². The lowest BCUT2D eigenvalue weighted by atomic mass is 9.95. The van der Waals surface area contributed by atoms with E-state index in [4.69, 9.17) is 10.5 Å². The molecule has 4 nitrogen and oxygen atoms in total. The minimum absolute atomic E-state index is 0.354. The quantitative estimate of drug-likeness (QED) is 0.646. The van der Waals surface area contributed by atoms with Crippen molar-refractivity contribution < 1.29 is 9.53 Å². The van der Waals surface area contributed by atoms with Gasteiger partial charge in [-0.15, -0.1) is 0 Å². The molecule has 0 radical (unpaired) electrons. The van der Waals surface area contributed by atoms with Crippen LogP contribution in [0.4, 0.5) is 11.4 Å². The van der Waals surface area contributed by atoms with Gasteiger partial charge in [-0.05, 0) is 38.0 Å². The summed E-state index contributed by atoms with van der Waals surface area (Å²) in [5.41, 5.74) is 7.69. The Balaban J connectivity index is 2.08. The van der Waals surface area contributed by atoms with Gasteiger partial charge in [0.15, 0.2) is 0 Å². The Labute approximate surface area is 114 Å². The van der Waals surface area contributed by atoms with E-state index >= 15 is 0 Å². The molecule has 0 aromatic heterocycles. The van der Waals surface area contributed by atoms with Crippen LogP contribution in [0.15, 0.2) is 18.2 Å². The summed E-state index contributed by atoms with van der Waals surface area (Å²) in [6, 6.07) is 5.99. The topological polar surface area (TPSA) is 64.3 Å². The van der Waals surface area contributed by atoms with Gasteiger partial charge in [-0.3, -0.25) is 0 Å². The molecule has 1 aromatic carbocycles. The van der Waals surface area contributed by atoms with E-state index in [1.165, 1.54) is 32.1 Å². The smallest absolute Gasteiger partial charge is 0.340 e. The van der Waals surface area contributed by atoms with Crippen molar-refractivity contribution in [1.82, 2.24) is 0 Å². The average molecular weight is 262 g/mol. The molecule has 3 N–H and O–H groups in total. The van der Waals surface area contributed by atoms with Crippen molar-refractivity contribution in [3.63, 3.8) is 0 Å². The molecule has 0 heterocycles. The van der Waals surface area contributed by atoms with Gasteiger partial charge in [0.25, 0.3) is 0 Å². The number of rotatable bonds is 4. The predicted octanol–water partition coefficient (Wildman–Crippen LogP) is 3.19. The minimum Gasteiger partial charge on any atom is -0.462 e. The Kier molecular flexibility index (Phi) is 4.66. The Morgan fingerprint density at radius 1 is 1.37 bits per heavy atom. The highest BCUT2D eigenvalue weighted by atomic mass is 16.5. The third-order valence-corrected chi connectivity index (χ3v) is 3.52. The lowest BCUT2D eigenvalue weighted by Gasteiger charge is -2.24. The first-order valence-electron chi connectivity index (χ1n) is 7.04. The van der Waals surface area contributed by atoms with Gasteiger partial charge in [0.2, 0.25) is 0 Å². The van der Waals surface area contributed by atoms with Crippen LogP contribution in [0, 0.1) is 0 Å². The van der Waals surface area contributed by atoms with E-state index in [9.17, 15) is 4.79 Å². The standard InChI is InChI=1S/C15H22N2O2/c1-2-19-15(18)13-10-12(8-9-14(13)16)17-11-6-4-3-5-7-11/h8-11,17H,2-7,16H2,1H3. The fourth-order valence-electron chi connectivity index (χ4n) is 2.51. The van der Waals surface area contributed by atoms with Gasteiger partial charge >= 0.3 is 5.97 Å². The number of ether oxygens (including phenoxy) is 1. The highest BCUT2D eigenvalue weighted by Gasteiger charge is 2.15. The van der Waals surface area contributed by atoms with Crippen molar-refractivity contribution in [2.75, 3.05) is 17.7 Å². The largest absolute Gasteiger partial charge is 0.462 e. The Morgan fingerprint density at radius 3 is 2.79 bits per heavy atom. The molecule has 0 unspecified atom stereocenters. The van der Waals surface area contributed by atoms with E-state index in [0.29, 0.717) is 23.9 Å². The van der Waals surface area contributed by atoms with Gasteiger partial charge in [0.1, 0.15) is 0 Å². The Morgan fingerprint density at radius 2 is 2.11 bits per heavy atom. The molecule has 4 heteroatoms. The number of nitrogens with two attached hydrogens (primary N) is 1.